The van der Waals surface area contributed by atoms with Gasteiger partial charge in [0, 0.05) is 24.3 Å². The fourth-order valence-corrected chi connectivity index (χ4v) is 3.35. The average molecular weight is 402 g/mol. The van der Waals surface area contributed by atoms with E-state index in [4.69, 9.17) is 4.98 Å². The van der Waals surface area contributed by atoms with Crippen LogP contribution in [0, 0.1) is 19.7 Å². The number of benzene rings is 3. The molecule has 0 spiro atoms. The highest BCUT2D eigenvalue weighted by Gasteiger charge is 2.12. The highest BCUT2D eigenvalue weighted by Crippen LogP contribution is 2.25. The van der Waals surface area contributed by atoms with E-state index in [-0.39, 0.29) is 11.8 Å². The molecule has 0 atom stereocenters. The summed E-state index contributed by atoms with van der Waals surface area (Å²) in [6.45, 7) is 4.69. The summed E-state index contributed by atoms with van der Waals surface area (Å²) in [4.78, 5) is 17.0. The van der Waals surface area contributed by atoms with Gasteiger partial charge in [-0.15, -0.1) is 0 Å². The topological polar surface area (TPSA) is 59.0 Å². The molecule has 0 bridgehead atoms. The fourth-order valence-electron chi connectivity index (χ4n) is 3.35. The number of para-hydroxylation sites is 2. The zero-order valence-corrected chi connectivity index (χ0v) is 16.9. The van der Waals surface area contributed by atoms with Crippen molar-refractivity contribution in [1.82, 2.24) is 14.9 Å². The van der Waals surface area contributed by atoms with Crippen LogP contribution in [0.25, 0.3) is 22.4 Å². The van der Waals surface area contributed by atoms with Crippen LogP contribution in [-0.4, -0.2) is 22.1 Å². The summed E-state index contributed by atoms with van der Waals surface area (Å²) in [6, 6.07) is 20.4. The molecule has 2 amide bonds. The van der Waals surface area contributed by atoms with Gasteiger partial charge >= 0.3 is 6.03 Å². The van der Waals surface area contributed by atoms with Gasteiger partial charge in [0.2, 0.25) is 0 Å². The van der Waals surface area contributed by atoms with Crippen molar-refractivity contribution in [3.05, 3.63) is 83.7 Å². The number of fused-ring (bicyclic) bond motifs is 1. The molecule has 0 aliphatic carbocycles. The number of carbonyl (C=O) groups excluding carboxylic acids is 1. The fraction of sp³-hybridized carbons (Fsp3) is 0.167. The van der Waals surface area contributed by atoms with Crippen molar-refractivity contribution in [3.63, 3.8) is 0 Å². The normalized spacial score (nSPS) is 10.9. The number of urea groups is 1. The van der Waals surface area contributed by atoms with Gasteiger partial charge in [0.25, 0.3) is 0 Å². The number of halogens is 1. The Kier molecular flexibility index (Phi) is 5.48. The van der Waals surface area contributed by atoms with Gasteiger partial charge in [-0.05, 0) is 43.7 Å². The summed E-state index contributed by atoms with van der Waals surface area (Å²) in [7, 11) is 0. The monoisotopic (exact) mass is 402 g/mol. The molecule has 30 heavy (non-hydrogen) atoms. The lowest BCUT2D eigenvalue weighted by molar-refractivity contribution is 0.251. The van der Waals surface area contributed by atoms with Crippen LogP contribution in [0.5, 0.6) is 0 Å². The zero-order chi connectivity index (χ0) is 21.1. The van der Waals surface area contributed by atoms with E-state index in [2.05, 4.69) is 46.4 Å². The van der Waals surface area contributed by atoms with E-state index in [9.17, 15) is 9.18 Å². The molecule has 0 saturated heterocycles. The lowest BCUT2D eigenvalue weighted by Crippen LogP contribution is -2.31. The summed E-state index contributed by atoms with van der Waals surface area (Å²) in [5, 5.41) is 5.50. The van der Waals surface area contributed by atoms with Crippen LogP contribution in [-0.2, 0) is 6.54 Å². The summed E-state index contributed by atoms with van der Waals surface area (Å²) in [5.74, 6) is 0.513. The molecule has 0 aliphatic rings. The Morgan fingerprint density at radius 2 is 1.80 bits per heavy atom. The van der Waals surface area contributed by atoms with Crippen LogP contribution < -0.4 is 10.6 Å². The number of nitrogens with one attached hydrogen (secondary N) is 2. The van der Waals surface area contributed by atoms with E-state index in [1.165, 1.54) is 11.6 Å². The molecule has 1 heterocycles. The van der Waals surface area contributed by atoms with Crippen LogP contribution in [0.3, 0.4) is 0 Å². The summed E-state index contributed by atoms with van der Waals surface area (Å²) in [5.41, 5.74) is 5.09. The van der Waals surface area contributed by atoms with Gasteiger partial charge in [0.15, 0.2) is 0 Å². The highest BCUT2D eigenvalue weighted by atomic mass is 19.1. The first-order valence-electron chi connectivity index (χ1n) is 9.84. The number of amides is 2. The molecule has 4 aromatic rings. The first-order chi connectivity index (χ1) is 14.5. The van der Waals surface area contributed by atoms with E-state index < -0.39 is 0 Å². The summed E-state index contributed by atoms with van der Waals surface area (Å²) < 4.78 is 15.8. The molecular formula is C24H23FN4O. The van der Waals surface area contributed by atoms with E-state index in [0.29, 0.717) is 24.3 Å². The Morgan fingerprint density at radius 1 is 1.03 bits per heavy atom. The van der Waals surface area contributed by atoms with Gasteiger partial charge in [0.05, 0.1) is 11.0 Å². The minimum Gasteiger partial charge on any atom is -0.336 e. The van der Waals surface area contributed by atoms with Gasteiger partial charge in [0.1, 0.15) is 11.6 Å². The molecule has 0 radical (unpaired) electrons. The lowest BCUT2D eigenvalue weighted by Gasteiger charge is -2.12. The number of imidazole rings is 1. The first-order valence-corrected chi connectivity index (χ1v) is 9.84. The number of nitrogens with zero attached hydrogens (tertiary/aromatic N) is 2. The van der Waals surface area contributed by atoms with Crippen molar-refractivity contribution in [1.29, 1.82) is 0 Å². The number of rotatable bonds is 5. The Hall–Kier alpha value is -3.67. The van der Waals surface area contributed by atoms with Gasteiger partial charge in [-0.2, -0.15) is 0 Å². The Balaban J connectivity index is 1.49. The van der Waals surface area contributed by atoms with Crippen LogP contribution in [0.4, 0.5) is 14.9 Å². The smallest absolute Gasteiger partial charge is 0.319 e. The third kappa shape index (κ3) is 4.17. The van der Waals surface area contributed by atoms with Crippen molar-refractivity contribution < 1.29 is 9.18 Å². The zero-order valence-electron chi connectivity index (χ0n) is 16.9. The van der Waals surface area contributed by atoms with Crippen molar-refractivity contribution in [3.8, 4) is 11.4 Å². The number of anilines is 1. The second kappa shape index (κ2) is 8.37. The molecule has 0 fully saturated rings. The third-order valence-corrected chi connectivity index (χ3v) is 5.01. The Labute approximate surface area is 174 Å². The second-order valence-corrected chi connectivity index (χ2v) is 7.29. The molecule has 0 aliphatic heterocycles. The van der Waals surface area contributed by atoms with E-state index in [0.717, 1.165) is 22.4 Å². The predicted molar refractivity (Wildman–Crippen MR) is 118 cm³/mol. The van der Waals surface area contributed by atoms with Crippen LogP contribution in [0.15, 0.2) is 66.7 Å². The second-order valence-electron chi connectivity index (χ2n) is 7.29. The molecular weight excluding hydrogens is 379 g/mol. The van der Waals surface area contributed by atoms with Crippen molar-refractivity contribution in [2.45, 2.75) is 20.4 Å². The molecule has 1 aromatic heterocycles. The summed E-state index contributed by atoms with van der Waals surface area (Å²) >= 11 is 0. The maximum Gasteiger partial charge on any atom is 0.319 e. The van der Waals surface area contributed by atoms with Gasteiger partial charge < -0.3 is 15.2 Å². The summed E-state index contributed by atoms with van der Waals surface area (Å²) in [6.07, 6.45) is 0. The molecule has 0 saturated carbocycles. The minimum absolute atomic E-state index is 0.347. The molecule has 5 nitrogen and oxygen atoms in total. The number of aromatic nitrogens is 2. The van der Waals surface area contributed by atoms with Gasteiger partial charge in [-0.3, -0.25) is 0 Å². The first kappa shape index (κ1) is 19.6. The largest absolute Gasteiger partial charge is 0.336 e. The van der Waals surface area contributed by atoms with Crippen LogP contribution >= 0.6 is 0 Å². The lowest BCUT2D eigenvalue weighted by atomic mass is 10.1. The van der Waals surface area contributed by atoms with E-state index in [1.807, 2.05) is 24.3 Å². The maximum atomic E-state index is 13.7. The van der Waals surface area contributed by atoms with Gasteiger partial charge in [-0.1, -0.05) is 48.0 Å². The number of hydrogen-bond donors (Lipinski definition) is 2. The average Bonchev–Trinajstić information content (AvgIpc) is 3.10. The number of carbonyl (C=O) groups is 1. The van der Waals surface area contributed by atoms with Crippen LogP contribution in [0.2, 0.25) is 0 Å². The van der Waals surface area contributed by atoms with Crippen molar-refractivity contribution >= 4 is 22.8 Å². The minimum atomic E-state index is -0.375. The van der Waals surface area contributed by atoms with Crippen LogP contribution in [0.1, 0.15) is 11.1 Å². The van der Waals surface area contributed by atoms with Gasteiger partial charge in [-0.25, -0.2) is 14.2 Å². The molecule has 152 valence electrons. The third-order valence-electron chi connectivity index (χ3n) is 5.01. The Bertz CT molecular complexity index is 1200. The standard InChI is InChI=1S/C24H23FN4O/c1-16-7-10-18(11-8-16)23-28-21-5-3-4-6-22(21)29(23)14-13-26-24(30)27-19-12-9-17(2)20(25)15-19/h3-12,15H,13-14H2,1-2H3,(H2,26,27,30). The molecule has 4 rings (SSSR count). The molecule has 2 N–H and O–H groups in total. The molecule has 0 unspecified atom stereocenters. The SMILES string of the molecule is Cc1ccc(-c2nc3ccccc3n2CCNC(=O)Nc2ccc(C)c(F)c2)cc1. The number of hydrogen-bond acceptors (Lipinski definition) is 2. The molecule has 6 heteroatoms. The quantitative estimate of drug-likeness (QED) is 0.477. The van der Waals surface area contributed by atoms with E-state index >= 15 is 0 Å². The van der Waals surface area contributed by atoms with Crippen molar-refractivity contribution in [2.75, 3.05) is 11.9 Å². The maximum absolute atomic E-state index is 13.7. The Morgan fingerprint density at radius 3 is 2.57 bits per heavy atom. The predicted octanol–water partition coefficient (Wildman–Crippen LogP) is 5.28. The van der Waals surface area contributed by atoms with E-state index in [1.54, 1.807) is 19.1 Å². The highest BCUT2D eigenvalue weighted by molar-refractivity contribution is 5.89. The van der Waals surface area contributed by atoms with Crippen molar-refractivity contribution in [2.24, 2.45) is 0 Å². The number of aryl methyl sites for hydroxylation is 2. The molecule has 3 aromatic carbocycles.